The number of anilines is 6. The fourth-order valence-electron chi connectivity index (χ4n) is 13.0. The van der Waals surface area contributed by atoms with Crippen LogP contribution in [0.5, 0.6) is 0 Å². The first-order valence-electron chi connectivity index (χ1n) is 33.1. The number of H-pyrrole nitrogens is 1. The molecule has 99 heavy (non-hydrogen) atoms. The Morgan fingerprint density at radius 1 is 0.263 bits per heavy atom. The van der Waals surface area contributed by atoms with Gasteiger partial charge in [0.2, 0.25) is 0 Å². The largest absolute Gasteiger partial charge is 1.00 e. The Bertz CT molecular complexity index is 5070. The molecule has 0 saturated carbocycles. The molecule has 16 rings (SSSR count). The normalized spacial score (nSPS) is 10.7. The summed E-state index contributed by atoms with van der Waals surface area (Å²) in [7, 11) is 0. The predicted octanol–water partition coefficient (Wildman–Crippen LogP) is 23.9. The maximum Gasteiger partial charge on any atom is 0.0534 e. The number of hydrogen-bond donors (Lipinski definition) is 1. The quantitative estimate of drug-likeness (QED) is 0.0920. The third-order valence-corrected chi connectivity index (χ3v) is 19.0. The van der Waals surface area contributed by atoms with Crippen LogP contribution < -0.4 is 33.8 Å². The molecule has 0 aliphatic rings. The maximum absolute atomic E-state index is 3.53. The molecule has 2 aromatic heterocycles. The number of nitrogens with one attached hydrogen (secondary N) is 1. The van der Waals surface area contributed by atoms with Crippen LogP contribution in [0.3, 0.4) is 0 Å². The minimum absolute atomic E-state index is 0. The minimum Gasteiger partial charge on any atom is -1.00 e. The Morgan fingerprint density at radius 3 is 0.828 bits per heavy atom. The van der Waals surface area contributed by atoms with Crippen molar-refractivity contribution in [2.75, 3.05) is 9.80 Å². The first kappa shape index (κ1) is 67.9. The molecule has 6 heteroatoms. The Balaban J connectivity index is 0.000000162. The number of aromatic amines is 1. The number of hydrogen-bond acceptors (Lipinski definition) is 2. The van der Waals surface area contributed by atoms with E-state index < -0.39 is 0 Å². The topological polar surface area (TPSA) is 27.2 Å². The van der Waals surface area contributed by atoms with Gasteiger partial charge in [0, 0.05) is 72.0 Å². The average Bonchev–Trinajstić information content (AvgIpc) is 1.73. The summed E-state index contributed by atoms with van der Waals surface area (Å²) in [6.07, 6.45) is 0. The molecule has 16 aromatic rings. The van der Waals surface area contributed by atoms with E-state index in [0.717, 1.165) is 38.6 Å². The molecule has 0 amide bonds. The second-order valence-electron chi connectivity index (χ2n) is 24.5. The second kappa shape index (κ2) is 31.4. The van der Waals surface area contributed by atoms with E-state index in [1.165, 1.54) is 117 Å². The molecule has 2 heterocycles. The van der Waals surface area contributed by atoms with E-state index >= 15 is 0 Å². The number of halogens is 2. The van der Waals surface area contributed by atoms with Gasteiger partial charge in [-0.1, -0.05) is 271 Å². The average molecular weight is 1460 g/mol. The number of benzene rings is 14. The van der Waals surface area contributed by atoms with Crippen molar-refractivity contribution in [3.05, 3.63) is 398 Å². The number of para-hydroxylation sites is 2. The van der Waals surface area contributed by atoms with Gasteiger partial charge in [0.05, 0.1) is 5.52 Å². The van der Waals surface area contributed by atoms with Crippen molar-refractivity contribution in [1.82, 2.24) is 9.55 Å². The highest BCUT2D eigenvalue weighted by molar-refractivity contribution is 9.10. The van der Waals surface area contributed by atoms with Crippen molar-refractivity contribution in [2.24, 2.45) is 0 Å². The highest BCUT2D eigenvalue weighted by Crippen LogP contribution is 2.41. The van der Waals surface area contributed by atoms with E-state index in [1.54, 1.807) is 0 Å². The van der Waals surface area contributed by atoms with Crippen molar-refractivity contribution in [3.8, 4) is 72.4 Å². The van der Waals surface area contributed by atoms with Crippen molar-refractivity contribution in [2.45, 2.75) is 27.7 Å². The lowest BCUT2D eigenvalue weighted by molar-refractivity contribution is -0.0000188. The lowest BCUT2D eigenvalue weighted by Gasteiger charge is -2.26. The Hall–Kier alpha value is -11.0. The van der Waals surface area contributed by atoms with Crippen molar-refractivity contribution in [1.29, 1.82) is 0 Å². The number of nitrogens with zero attached hydrogens (tertiary/aromatic N) is 3. The third kappa shape index (κ3) is 15.2. The summed E-state index contributed by atoms with van der Waals surface area (Å²) in [5.74, 6) is 0. The lowest BCUT2D eigenvalue weighted by Crippen LogP contribution is -3.00. The fraction of sp³-hybridized carbons (Fsp3) is 0.0430. The molecule has 0 bridgehead atoms. The number of rotatable bonds is 13. The summed E-state index contributed by atoms with van der Waals surface area (Å²) in [6, 6.07) is 130. The monoisotopic (exact) mass is 1450 g/mol. The van der Waals surface area contributed by atoms with E-state index in [4.69, 9.17) is 0 Å². The van der Waals surface area contributed by atoms with Crippen molar-refractivity contribution < 1.29 is 24.0 Å². The zero-order chi connectivity index (χ0) is 66.0. The molecule has 0 unspecified atom stereocenters. The van der Waals surface area contributed by atoms with E-state index in [0.29, 0.717) is 0 Å². The molecule has 4 nitrogen and oxygen atoms in total. The van der Waals surface area contributed by atoms with Crippen LogP contribution in [0.4, 0.5) is 34.1 Å². The minimum atomic E-state index is 0. The van der Waals surface area contributed by atoms with Crippen LogP contribution in [0.1, 0.15) is 22.5 Å². The van der Waals surface area contributed by atoms with Gasteiger partial charge in [-0.3, -0.25) is 0 Å². The molecule has 14 aromatic carbocycles. The van der Waals surface area contributed by atoms with E-state index in [2.05, 4.69) is 427 Å². The van der Waals surface area contributed by atoms with Crippen molar-refractivity contribution >= 4 is 71.9 Å². The summed E-state index contributed by atoms with van der Waals surface area (Å²) in [6.45, 7) is 8.67. The molecule has 0 fully saturated rings. The number of aryl methyl sites for hydroxylation is 3. The van der Waals surface area contributed by atoms with Crippen LogP contribution in [-0.4, -0.2) is 9.55 Å². The molecule has 0 saturated heterocycles. The van der Waals surface area contributed by atoms with Gasteiger partial charge in [-0.2, -0.15) is 0 Å². The molecule has 1 N–H and O–H groups in total. The summed E-state index contributed by atoms with van der Waals surface area (Å²) in [5, 5.41) is 2.65. The predicted molar refractivity (Wildman–Crippen MR) is 423 cm³/mol. The van der Waals surface area contributed by atoms with Gasteiger partial charge < -0.3 is 50.8 Å². The number of aromatic nitrogens is 2. The first-order valence-corrected chi connectivity index (χ1v) is 33.9. The van der Waals surface area contributed by atoms with E-state index in [1.807, 2.05) is 0 Å². The molecular weight excluding hydrogens is 1380 g/mol. The summed E-state index contributed by atoms with van der Waals surface area (Å²) in [4.78, 5) is 7.97. The van der Waals surface area contributed by atoms with Gasteiger partial charge in [0.15, 0.2) is 0 Å². The highest BCUT2D eigenvalue weighted by atomic mass is 127. The van der Waals surface area contributed by atoms with E-state index in [9.17, 15) is 0 Å². The molecule has 0 radical (unpaired) electrons. The van der Waals surface area contributed by atoms with Crippen LogP contribution in [0.2, 0.25) is 0 Å². The maximum atomic E-state index is 3.53. The Morgan fingerprint density at radius 2 is 0.515 bits per heavy atom. The second-order valence-corrected chi connectivity index (χ2v) is 25.4. The fourth-order valence-corrected chi connectivity index (χ4v) is 13.2. The van der Waals surface area contributed by atoms with Crippen LogP contribution in [0.15, 0.2) is 368 Å². The van der Waals surface area contributed by atoms with Gasteiger partial charge in [-0.25, -0.2) is 0 Å². The van der Waals surface area contributed by atoms with Crippen LogP contribution in [-0.2, 0) is 0 Å². The lowest BCUT2D eigenvalue weighted by atomic mass is 10.0. The summed E-state index contributed by atoms with van der Waals surface area (Å²) < 4.78 is 3.45. The van der Waals surface area contributed by atoms with Gasteiger partial charge in [0.25, 0.3) is 0 Å². The smallest absolute Gasteiger partial charge is 0.0534 e. The molecule has 0 spiro atoms. The molecular formula is C93H76BrIN4-2. The SMILES string of the molecule is Brc1ccc(-c2ccc(N(c3ccc(-c4ccccc4)cc3)c3ccc(-c4ccccc4)cc3)cc2)cc1.Cc1[nH]c2ccccc2c1C.Cc1c(C)n(-c2ccc(-c3ccc(N(c4ccc(-c5ccccc5)cc4)c4ccc(-c5ccccc5)cc4)cc3)cc2)c2ccccc12.[CH3-].[I-]. The molecule has 0 atom stereocenters. The zero-order valence-corrected chi connectivity index (χ0v) is 60.0. The standard InChI is InChI=1S/C46H36N2.C36H26BrN.C10H11N.CH3.HI/c1-33-34(2)47(46-16-10-9-15-45(33)46)41-25-17-39(18-26-41)40-23-31-44(32-24-40)48(42-27-19-37(20-28-42)35-11-5-3-6-12-35)43-29-21-38(22-30-43)36-13-7-4-8-14-36;37-33-19-11-29(12-20-33)32-17-25-36(26-18-32)38(34-21-13-30(14-22-34)27-7-3-1-4-8-27)35-23-15-31(16-24-35)28-9-5-2-6-10-28;1-7-8(2)11-10-6-4-3-5-9(7)10;;/h3-32H,1-2H3;1-26H;3-6,11H,1-2H3;1H3;1H/q;;;-1;/p-1. The summed E-state index contributed by atoms with van der Waals surface area (Å²) >= 11 is 3.53. The van der Waals surface area contributed by atoms with Gasteiger partial charge in [-0.15, -0.1) is 0 Å². The molecule has 0 aliphatic carbocycles. The van der Waals surface area contributed by atoms with Crippen molar-refractivity contribution in [3.63, 3.8) is 0 Å². The molecule has 0 aliphatic heterocycles. The Labute approximate surface area is 609 Å². The summed E-state index contributed by atoms with van der Waals surface area (Å²) in [5.41, 5.74) is 30.1. The number of fused-ring (bicyclic) bond motifs is 2. The third-order valence-electron chi connectivity index (χ3n) is 18.5. The van der Waals surface area contributed by atoms with Gasteiger partial charge >= 0.3 is 0 Å². The zero-order valence-electron chi connectivity index (χ0n) is 56.2. The first-order chi connectivity index (χ1) is 47.7. The van der Waals surface area contributed by atoms with E-state index in [-0.39, 0.29) is 31.4 Å². The van der Waals surface area contributed by atoms with Gasteiger partial charge in [-0.05, 0) is 215 Å². The van der Waals surface area contributed by atoms with Crippen LogP contribution >= 0.6 is 15.9 Å². The molecule has 484 valence electrons. The van der Waals surface area contributed by atoms with Gasteiger partial charge in [0.1, 0.15) is 0 Å². The Kier molecular flexibility index (Phi) is 21.6. The highest BCUT2D eigenvalue weighted by Gasteiger charge is 2.18. The van der Waals surface area contributed by atoms with Crippen LogP contribution in [0.25, 0.3) is 94.3 Å². The van der Waals surface area contributed by atoms with Crippen LogP contribution in [0, 0.1) is 35.1 Å².